The quantitative estimate of drug-likeness (QED) is 0.726. The molecule has 1 rings (SSSR count). The summed E-state index contributed by atoms with van der Waals surface area (Å²) < 4.78 is 0. The van der Waals surface area contributed by atoms with Crippen LogP contribution in [-0.2, 0) is 6.42 Å². The summed E-state index contributed by atoms with van der Waals surface area (Å²) in [7, 11) is 0. The third-order valence-electron chi connectivity index (χ3n) is 1.93. The van der Waals surface area contributed by atoms with Crippen molar-refractivity contribution in [3.63, 3.8) is 0 Å². The molecule has 72 valence electrons. The van der Waals surface area contributed by atoms with Crippen molar-refractivity contribution in [2.24, 2.45) is 5.73 Å². The van der Waals surface area contributed by atoms with E-state index in [1.165, 1.54) is 5.56 Å². The van der Waals surface area contributed by atoms with E-state index < -0.39 is 0 Å². The maximum atomic E-state index is 9.54. The molecule has 0 amide bonds. The summed E-state index contributed by atoms with van der Waals surface area (Å²) >= 11 is 1.58. The number of aryl methyl sites for hydroxylation is 1. The Kier molecular flexibility index (Phi) is 4.12. The minimum absolute atomic E-state index is 0.377. The second-order valence-electron chi connectivity index (χ2n) is 2.86. The number of thioether (sulfide) groups is 1. The average molecular weight is 197 g/mol. The van der Waals surface area contributed by atoms with Crippen LogP contribution in [0.5, 0.6) is 5.75 Å². The third kappa shape index (κ3) is 2.64. The van der Waals surface area contributed by atoms with Gasteiger partial charge in [0.25, 0.3) is 0 Å². The van der Waals surface area contributed by atoms with Gasteiger partial charge in [-0.25, -0.2) is 0 Å². The van der Waals surface area contributed by atoms with Crippen LogP contribution in [0.4, 0.5) is 0 Å². The van der Waals surface area contributed by atoms with Crippen molar-refractivity contribution >= 4 is 11.8 Å². The van der Waals surface area contributed by atoms with E-state index >= 15 is 0 Å². The fourth-order valence-electron chi connectivity index (χ4n) is 1.30. The van der Waals surface area contributed by atoms with Crippen LogP contribution in [0.1, 0.15) is 12.0 Å². The van der Waals surface area contributed by atoms with E-state index in [0.29, 0.717) is 12.3 Å². The highest BCUT2D eigenvalue weighted by molar-refractivity contribution is 7.98. The standard InChI is InChI=1S/C10H15NOS/c1-13-10-8(5-3-7-11)4-2-6-9(10)12/h2,4,6,12H,3,5,7,11H2,1H3. The second-order valence-corrected chi connectivity index (χ2v) is 3.68. The molecule has 3 heteroatoms. The molecule has 13 heavy (non-hydrogen) atoms. The van der Waals surface area contributed by atoms with Crippen LogP contribution in [0, 0.1) is 0 Å². The molecule has 0 unspecified atom stereocenters. The van der Waals surface area contributed by atoms with Gasteiger partial charge in [0.2, 0.25) is 0 Å². The predicted molar refractivity (Wildman–Crippen MR) is 57.3 cm³/mol. The fourth-order valence-corrected chi connectivity index (χ4v) is 2.01. The van der Waals surface area contributed by atoms with E-state index in [-0.39, 0.29) is 0 Å². The van der Waals surface area contributed by atoms with Gasteiger partial charge in [-0.1, -0.05) is 12.1 Å². The van der Waals surface area contributed by atoms with Gasteiger partial charge in [0.05, 0.1) is 4.90 Å². The van der Waals surface area contributed by atoms with Crippen LogP contribution < -0.4 is 5.73 Å². The minimum Gasteiger partial charge on any atom is -0.507 e. The van der Waals surface area contributed by atoms with Crippen molar-refractivity contribution in [2.75, 3.05) is 12.8 Å². The van der Waals surface area contributed by atoms with Crippen LogP contribution in [0.25, 0.3) is 0 Å². The Morgan fingerprint density at radius 1 is 1.46 bits per heavy atom. The molecule has 0 aromatic heterocycles. The number of hydrogen-bond donors (Lipinski definition) is 2. The van der Waals surface area contributed by atoms with Gasteiger partial charge in [0.1, 0.15) is 5.75 Å². The Morgan fingerprint density at radius 3 is 2.85 bits per heavy atom. The summed E-state index contributed by atoms with van der Waals surface area (Å²) in [6.45, 7) is 0.698. The van der Waals surface area contributed by atoms with E-state index in [2.05, 4.69) is 0 Å². The van der Waals surface area contributed by atoms with Crippen molar-refractivity contribution < 1.29 is 5.11 Å². The highest BCUT2D eigenvalue weighted by Gasteiger charge is 2.04. The van der Waals surface area contributed by atoms with E-state index in [9.17, 15) is 5.11 Å². The van der Waals surface area contributed by atoms with Crippen molar-refractivity contribution in [3.8, 4) is 5.75 Å². The maximum absolute atomic E-state index is 9.54. The number of benzene rings is 1. The highest BCUT2D eigenvalue weighted by Crippen LogP contribution is 2.30. The summed E-state index contributed by atoms with van der Waals surface area (Å²) in [5, 5.41) is 9.54. The molecule has 0 saturated heterocycles. The number of rotatable bonds is 4. The smallest absolute Gasteiger partial charge is 0.129 e. The number of hydrogen-bond acceptors (Lipinski definition) is 3. The van der Waals surface area contributed by atoms with Crippen molar-refractivity contribution in [3.05, 3.63) is 23.8 Å². The zero-order valence-corrected chi connectivity index (χ0v) is 8.60. The van der Waals surface area contributed by atoms with Crippen molar-refractivity contribution in [1.29, 1.82) is 0 Å². The molecule has 0 radical (unpaired) electrons. The van der Waals surface area contributed by atoms with Crippen LogP contribution in [0.15, 0.2) is 23.1 Å². The fraction of sp³-hybridized carbons (Fsp3) is 0.400. The van der Waals surface area contributed by atoms with Crippen LogP contribution in [-0.4, -0.2) is 17.9 Å². The second kappa shape index (κ2) is 5.14. The van der Waals surface area contributed by atoms with E-state index in [4.69, 9.17) is 5.73 Å². The average Bonchev–Trinajstić information content (AvgIpc) is 2.15. The lowest BCUT2D eigenvalue weighted by atomic mass is 10.1. The first kappa shape index (κ1) is 10.4. The summed E-state index contributed by atoms with van der Waals surface area (Å²) in [5.41, 5.74) is 6.63. The summed E-state index contributed by atoms with van der Waals surface area (Å²) in [5.74, 6) is 0.377. The SMILES string of the molecule is CSc1c(O)cccc1CCCN. The van der Waals surface area contributed by atoms with Gasteiger partial charge in [0.15, 0.2) is 0 Å². The highest BCUT2D eigenvalue weighted by atomic mass is 32.2. The lowest BCUT2D eigenvalue weighted by molar-refractivity contribution is 0.460. The Hall–Kier alpha value is -0.670. The van der Waals surface area contributed by atoms with Gasteiger partial charge in [-0.05, 0) is 37.3 Å². The molecular formula is C10H15NOS. The molecule has 0 spiro atoms. The Bertz CT molecular complexity index is 276. The molecule has 2 nitrogen and oxygen atoms in total. The molecule has 0 atom stereocenters. The van der Waals surface area contributed by atoms with E-state index in [1.54, 1.807) is 17.8 Å². The largest absolute Gasteiger partial charge is 0.507 e. The van der Waals surface area contributed by atoms with E-state index in [1.807, 2.05) is 18.4 Å². The molecule has 0 saturated carbocycles. The molecule has 1 aromatic carbocycles. The number of phenols is 1. The van der Waals surface area contributed by atoms with Crippen LogP contribution >= 0.6 is 11.8 Å². The van der Waals surface area contributed by atoms with Crippen molar-refractivity contribution in [2.45, 2.75) is 17.7 Å². The zero-order valence-electron chi connectivity index (χ0n) is 7.79. The van der Waals surface area contributed by atoms with Gasteiger partial charge in [-0.2, -0.15) is 0 Å². The zero-order chi connectivity index (χ0) is 9.68. The van der Waals surface area contributed by atoms with Gasteiger partial charge in [-0.15, -0.1) is 11.8 Å². The van der Waals surface area contributed by atoms with Gasteiger partial charge >= 0.3 is 0 Å². The topological polar surface area (TPSA) is 46.2 Å². The first-order valence-electron chi connectivity index (χ1n) is 4.34. The Balaban J connectivity index is 2.85. The Morgan fingerprint density at radius 2 is 2.23 bits per heavy atom. The first-order valence-corrected chi connectivity index (χ1v) is 5.57. The molecule has 0 bridgehead atoms. The molecule has 1 aromatic rings. The number of phenolic OH excluding ortho intramolecular Hbond substituents is 1. The molecule has 0 fully saturated rings. The number of aromatic hydroxyl groups is 1. The molecule has 0 aliphatic rings. The van der Waals surface area contributed by atoms with E-state index in [0.717, 1.165) is 17.7 Å². The molecule has 0 aliphatic heterocycles. The molecule has 3 N–H and O–H groups in total. The van der Waals surface area contributed by atoms with Gasteiger partial charge in [0, 0.05) is 0 Å². The summed E-state index contributed by atoms with van der Waals surface area (Å²) in [6.07, 6.45) is 3.89. The monoisotopic (exact) mass is 197 g/mol. The van der Waals surface area contributed by atoms with Gasteiger partial charge in [-0.3, -0.25) is 0 Å². The molecule has 0 aliphatic carbocycles. The Labute approximate surface area is 83.1 Å². The summed E-state index contributed by atoms with van der Waals surface area (Å²) in [6, 6.07) is 5.64. The number of nitrogens with two attached hydrogens (primary N) is 1. The summed E-state index contributed by atoms with van der Waals surface area (Å²) in [4.78, 5) is 0.982. The normalized spacial score (nSPS) is 10.3. The van der Waals surface area contributed by atoms with Gasteiger partial charge < -0.3 is 10.8 Å². The lowest BCUT2D eigenvalue weighted by Gasteiger charge is -2.07. The van der Waals surface area contributed by atoms with Crippen LogP contribution in [0.3, 0.4) is 0 Å². The molecular weight excluding hydrogens is 182 g/mol. The third-order valence-corrected chi connectivity index (χ3v) is 2.81. The van der Waals surface area contributed by atoms with Crippen LogP contribution in [0.2, 0.25) is 0 Å². The maximum Gasteiger partial charge on any atom is 0.129 e. The van der Waals surface area contributed by atoms with Crippen molar-refractivity contribution in [1.82, 2.24) is 0 Å². The molecule has 0 heterocycles. The first-order chi connectivity index (χ1) is 6.29. The minimum atomic E-state index is 0.377. The predicted octanol–water partition coefficient (Wildman–Crippen LogP) is 2.01. The lowest BCUT2D eigenvalue weighted by Crippen LogP contribution is -2.01.